The average molecular weight is 158 g/mol. The molecule has 11 heavy (non-hydrogen) atoms. The van der Waals surface area contributed by atoms with Gasteiger partial charge in [0.15, 0.2) is 6.17 Å². The van der Waals surface area contributed by atoms with Crippen LogP contribution in [0.2, 0.25) is 0 Å². The molecule has 1 amide bonds. The van der Waals surface area contributed by atoms with Crippen LogP contribution in [-0.2, 0) is 4.79 Å². The normalized spacial score (nSPS) is 12.1. The van der Waals surface area contributed by atoms with E-state index in [1.165, 1.54) is 0 Å². The van der Waals surface area contributed by atoms with Crippen molar-refractivity contribution in [1.29, 1.82) is 0 Å². The second-order valence-electron chi connectivity index (χ2n) is 2.40. The number of rotatable bonds is 7. The molecule has 0 saturated heterocycles. The van der Waals surface area contributed by atoms with Crippen LogP contribution >= 0.6 is 0 Å². The molecule has 1 unspecified atom stereocenters. The molecule has 0 rings (SSSR count). The number of hydrogen-bond acceptors (Lipinski definition) is 3. The van der Waals surface area contributed by atoms with Crippen molar-refractivity contribution in [1.82, 2.24) is 5.32 Å². The van der Waals surface area contributed by atoms with Crippen molar-refractivity contribution in [2.45, 2.75) is 38.8 Å². The van der Waals surface area contributed by atoms with Crippen LogP contribution in [0.3, 0.4) is 0 Å². The van der Waals surface area contributed by atoms with Crippen LogP contribution in [0.15, 0.2) is 5.18 Å². The highest BCUT2D eigenvalue weighted by Gasteiger charge is 2.04. The van der Waals surface area contributed by atoms with Gasteiger partial charge in [0.1, 0.15) is 0 Å². The Morgan fingerprint density at radius 2 is 2.27 bits per heavy atom. The van der Waals surface area contributed by atoms with Crippen LogP contribution < -0.4 is 5.32 Å². The lowest BCUT2D eigenvalue weighted by Gasteiger charge is -2.05. The molecule has 0 aromatic rings. The van der Waals surface area contributed by atoms with E-state index in [4.69, 9.17) is 0 Å². The fraction of sp³-hybridized carbons (Fsp3) is 0.857. The number of unbranched alkanes of at least 4 members (excludes halogenated alkanes) is 2. The molecule has 0 fully saturated rings. The number of nitroso groups, excluding NO2 is 1. The molecule has 0 spiro atoms. The van der Waals surface area contributed by atoms with Gasteiger partial charge in [-0.15, -0.1) is 4.91 Å². The minimum absolute atomic E-state index is 0.512. The highest BCUT2D eigenvalue weighted by atomic mass is 16.3. The van der Waals surface area contributed by atoms with Crippen LogP contribution in [0, 0.1) is 4.91 Å². The number of nitrogens with zero attached hydrogens (tertiary/aromatic N) is 1. The van der Waals surface area contributed by atoms with Gasteiger partial charge in [-0.1, -0.05) is 19.8 Å². The quantitative estimate of drug-likeness (QED) is 0.346. The van der Waals surface area contributed by atoms with E-state index in [9.17, 15) is 9.70 Å². The van der Waals surface area contributed by atoms with Crippen LogP contribution in [0.1, 0.15) is 32.6 Å². The molecular weight excluding hydrogens is 144 g/mol. The Morgan fingerprint density at radius 3 is 2.73 bits per heavy atom. The molecule has 0 aliphatic rings. The lowest BCUT2D eigenvalue weighted by molar-refractivity contribution is -0.110. The Balaban J connectivity index is 3.35. The summed E-state index contributed by atoms with van der Waals surface area (Å²) in [6.07, 6.45) is 3.75. The van der Waals surface area contributed by atoms with Gasteiger partial charge in [0.05, 0.1) is 0 Å². The first-order valence-electron chi connectivity index (χ1n) is 3.87. The SMILES string of the molecule is CCCCCC(N=O)NC=O. The Hall–Kier alpha value is -0.930. The molecule has 0 heterocycles. The Morgan fingerprint density at radius 1 is 1.55 bits per heavy atom. The molecule has 0 aliphatic heterocycles. The smallest absolute Gasteiger partial charge is 0.208 e. The molecule has 0 bridgehead atoms. The Labute approximate surface area is 66.3 Å². The van der Waals surface area contributed by atoms with Gasteiger partial charge in [0.2, 0.25) is 6.41 Å². The van der Waals surface area contributed by atoms with E-state index in [2.05, 4.69) is 17.4 Å². The first-order valence-corrected chi connectivity index (χ1v) is 3.87. The first-order chi connectivity index (χ1) is 5.35. The van der Waals surface area contributed by atoms with Gasteiger partial charge in [0.25, 0.3) is 0 Å². The number of hydrogen-bond donors (Lipinski definition) is 1. The summed E-state index contributed by atoms with van der Waals surface area (Å²) in [5, 5.41) is 5.09. The summed E-state index contributed by atoms with van der Waals surface area (Å²) in [4.78, 5) is 19.9. The standard InChI is InChI=1S/C7H14N2O2/c1-2-3-4-5-7(9-11)8-6-10/h6-7H,2-5H2,1H3,(H,8,10). The fourth-order valence-corrected chi connectivity index (χ4v) is 0.833. The van der Waals surface area contributed by atoms with Gasteiger partial charge in [-0.05, 0) is 18.0 Å². The molecule has 64 valence electrons. The molecule has 0 aromatic heterocycles. The van der Waals surface area contributed by atoms with E-state index in [0.717, 1.165) is 19.3 Å². The Kier molecular flexibility index (Phi) is 6.57. The Bertz CT molecular complexity index is 117. The third-order valence-corrected chi connectivity index (χ3v) is 1.47. The van der Waals surface area contributed by atoms with Gasteiger partial charge in [-0.2, -0.15) is 0 Å². The first kappa shape index (κ1) is 10.1. The summed E-state index contributed by atoms with van der Waals surface area (Å²) in [5.41, 5.74) is 0. The van der Waals surface area contributed by atoms with Gasteiger partial charge in [-0.3, -0.25) is 4.79 Å². The van der Waals surface area contributed by atoms with Gasteiger partial charge in [0, 0.05) is 0 Å². The molecule has 0 radical (unpaired) electrons. The monoisotopic (exact) mass is 158 g/mol. The van der Waals surface area contributed by atoms with E-state index in [1.807, 2.05) is 0 Å². The van der Waals surface area contributed by atoms with E-state index >= 15 is 0 Å². The maximum absolute atomic E-state index is 10.0. The van der Waals surface area contributed by atoms with Crippen molar-refractivity contribution in [3.8, 4) is 0 Å². The number of amides is 1. The number of carbonyl (C=O) groups excluding carboxylic acids is 1. The van der Waals surface area contributed by atoms with Gasteiger partial charge < -0.3 is 5.32 Å². The zero-order chi connectivity index (χ0) is 8.53. The van der Waals surface area contributed by atoms with E-state index in [-0.39, 0.29) is 0 Å². The molecular formula is C7H14N2O2. The minimum atomic E-state index is -0.529. The lowest BCUT2D eigenvalue weighted by atomic mass is 10.2. The maximum Gasteiger partial charge on any atom is 0.208 e. The van der Waals surface area contributed by atoms with Crippen molar-refractivity contribution in [2.24, 2.45) is 5.18 Å². The molecule has 1 atom stereocenters. The largest absolute Gasteiger partial charge is 0.334 e. The molecule has 1 N–H and O–H groups in total. The predicted molar refractivity (Wildman–Crippen MR) is 42.9 cm³/mol. The van der Waals surface area contributed by atoms with Crippen molar-refractivity contribution < 1.29 is 4.79 Å². The summed E-state index contributed by atoms with van der Waals surface area (Å²) < 4.78 is 0. The van der Waals surface area contributed by atoms with Gasteiger partial charge in [-0.25, -0.2) is 0 Å². The maximum atomic E-state index is 10.0. The highest BCUT2D eigenvalue weighted by Crippen LogP contribution is 2.03. The van der Waals surface area contributed by atoms with Crippen molar-refractivity contribution >= 4 is 6.41 Å². The zero-order valence-electron chi connectivity index (χ0n) is 6.75. The van der Waals surface area contributed by atoms with Crippen LogP contribution in [0.4, 0.5) is 0 Å². The summed E-state index contributed by atoms with van der Waals surface area (Å²) >= 11 is 0. The van der Waals surface area contributed by atoms with Crippen molar-refractivity contribution in [3.05, 3.63) is 4.91 Å². The topological polar surface area (TPSA) is 58.5 Å². The average Bonchev–Trinajstić information content (AvgIpc) is 2.03. The van der Waals surface area contributed by atoms with Crippen molar-refractivity contribution in [2.75, 3.05) is 0 Å². The number of nitrogens with one attached hydrogen (secondary N) is 1. The zero-order valence-corrected chi connectivity index (χ0v) is 6.75. The summed E-state index contributed by atoms with van der Waals surface area (Å²) in [6.45, 7) is 2.08. The van der Waals surface area contributed by atoms with Gasteiger partial charge >= 0.3 is 0 Å². The van der Waals surface area contributed by atoms with Crippen LogP contribution in [0.5, 0.6) is 0 Å². The summed E-state index contributed by atoms with van der Waals surface area (Å²) in [7, 11) is 0. The molecule has 0 aliphatic carbocycles. The van der Waals surface area contributed by atoms with E-state index < -0.39 is 6.17 Å². The second kappa shape index (κ2) is 7.18. The van der Waals surface area contributed by atoms with Crippen LogP contribution in [-0.4, -0.2) is 12.6 Å². The fourth-order valence-electron chi connectivity index (χ4n) is 0.833. The number of carbonyl (C=O) groups is 1. The molecule has 0 aromatic carbocycles. The van der Waals surface area contributed by atoms with Crippen LogP contribution in [0.25, 0.3) is 0 Å². The summed E-state index contributed by atoms with van der Waals surface area (Å²) in [6, 6.07) is 0. The summed E-state index contributed by atoms with van der Waals surface area (Å²) in [5.74, 6) is 0. The minimum Gasteiger partial charge on any atom is -0.334 e. The predicted octanol–water partition coefficient (Wildman–Crippen LogP) is 1.41. The highest BCUT2D eigenvalue weighted by molar-refractivity contribution is 5.46. The molecule has 4 heteroatoms. The third-order valence-electron chi connectivity index (χ3n) is 1.47. The second-order valence-corrected chi connectivity index (χ2v) is 2.40. The lowest BCUT2D eigenvalue weighted by Crippen LogP contribution is -2.24. The third kappa shape index (κ3) is 5.51. The molecule has 0 saturated carbocycles. The van der Waals surface area contributed by atoms with Crippen molar-refractivity contribution in [3.63, 3.8) is 0 Å². The van der Waals surface area contributed by atoms with E-state index in [1.54, 1.807) is 0 Å². The van der Waals surface area contributed by atoms with E-state index in [0.29, 0.717) is 12.8 Å². The molecule has 4 nitrogen and oxygen atoms in total.